The molecular formula is C10H12O2. The molecule has 0 saturated carbocycles. The molecule has 0 bridgehead atoms. The van der Waals surface area contributed by atoms with Crippen molar-refractivity contribution in [3.63, 3.8) is 0 Å². The van der Waals surface area contributed by atoms with Gasteiger partial charge in [-0.05, 0) is 17.5 Å². The zero-order chi connectivity index (χ0) is 8.55. The highest BCUT2D eigenvalue weighted by Gasteiger charge is 2.29. The van der Waals surface area contributed by atoms with E-state index in [0.717, 1.165) is 12.0 Å². The largest absolute Gasteiger partial charge is 0.396 e. The van der Waals surface area contributed by atoms with Gasteiger partial charge in [0.05, 0.1) is 6.10 Å². The molecule has 12 heavy (non-hydrogen) atoms. The topological polar surface area (TPSA) is 40.5 Å². The summed E-state index contributed by atoms with van der Waals surface area (Å²) in [6, 6.07) is 7.82. The van der Waals surface area contributed by atoms with E-state index in [4.69, 9.17) is 5.11 Å². The van der Waals surface area contributed by atoms with Gasteiger partial charge < -0.3 is 10.2 Å². The van der Waals surface area contributed by atoms with Crippen molar-refractivity contribution in [3.05, 3.63) is 35.4 Å². The number of aliphatic hydroxyl groups is 2. The van der Waals surface area contributed by atoms with Gasteiger partial charge in [-0.15, -0.1) is 0 Å². The van der Waals surface area contributed by atoms with Crippen molar-refractivity contribution in [2.45, 2.75) is 12.5 Å². The maximum atomic E-state index is 9.68. The van der Waals surface area contributed by atoms with Gasteiger partial charge in [0.1, 0.15) is 0 Å². The average molecular weight is 164 g/mol. The molecule has 0 heterocycles. The Labute approximate surface area is 71.5 Å². The molecule has 0 saturated heterocycles. The quantitative estimate of drug-likeness (QED) is 0.647. The first kappa shape index (κ1) is 7.77. The van der Waals surface area contributed by atoms with Crippen LogP contribution in [0.4, 0.5) is 0 Å². The lowest BCUT2D eigenvalue weighted by Crippen LogP contribution is -2.11. The number of benzene rings is 1. The van der Waals surface area contributed by atoms with Gasteiger partial charge in [-0.2, -0.15) is 0 Å². The molecule has 2 heteroatoms. The molecule has 1 aliphatic carbocycles. The Morgan fingerprint density at radius 2 is 2.08 bits per heavy atom. The Kier molecular flexibility index (Phi) is 1.87. The predicted molar refractivity (Wildman–Crippen MR) is 45.7 cm³/mol. The third kappa shape index (κ3) is 1.04. The fraction of sp³-hybridized carbons (Fsp3) is 0.400. The Bertz CT molecular complexity index is 283. The summed E-state index contributed by atoms with van der Waals surface area (Å²) in [5.74, 6) is 0.00222. The Morgan fingerprint density at radius 3 is 2.75 bits per heavy atom. The van der Waals surface area contributed by atoms with E-state index in [-0.39, 0.29) is 12.5 Å². The van der Waals surface area contributed by atoms with Gasteiger partial charge in [0.25, 0.3) is 0 Å². The first-order chi connectivity index (χ1) is 5.83. The van der Waals surface area contributed by atoms with Gasteiger partial charge in [-0.3, -0.25) is 0 Å². The summed E-state index contributed by atoms with van der Waals surface area (Å²) in [6.07, 6.45) is 0.333. The first-order valence-corrected chi connectivity index (χ1v) is 4.19. The van der Waals surface area contributed by atoms with Crippen molar-refractivity contribution >= 4 is 0 Å². The van der Waals surface area contributed by atoms with Crippen molar-refractivity contribution in [2.75, 3.05) is 6.61 Å². The lowest BCUT2D eigenvalue weighted by atomic mass is 10.1. The van der Waals surface area contributed by atoms with Gasteiger partial charge in [-0.1, -0.05) is 24.3 Å². The van der Waals surface area contributed by atoms with E-state index in [1.807, 2.05) is 24.3 Å². The Morgan fingerprint density at radius 1 is 1.33 bits per heavy atom. The second-order valence-corrected chi connectivity index (χ2v) is 3.29. The summed E-state index contributed by atoms with van der Waals surface area (Å²) in [6.45, 7) is 0.0653. The molecule has 0 aliphatic heterocycles. The maximum Gasteiger partial charge on any atom is 0.0845 e. The minimum atomic E-state index is -0.466. The minimum absolute atomic E-state index is 0.00222. The maximum absolute atomic E-state index is 9.68. The van der Waals surface area contributed by atoms with Crippen LogP contribution in [0.25, 0.3) is 0 Å². The molecule has 1 aromatic rings. The molecule has 0 spiro atoms. The van der Waals surface area contributed by atoms with Gasteiger partial charge in [-0.25, -0.2) is 0 Å². The number of hydrogen-bond donors (Lipinski definition) is 2. The first-order valence-electron chi connectivity index (χ1n) is 4.19. The smallest absolute Gasteiger partial charge is 0.0845 e. The SMILES string of the molecule is OC[C@@H]1Cc2ccccc2[C@H]1O. The average Bonchev–Trinajstić information content (AvgIpc) is 2.44. The van der Waals surface area contributed by atoms with Gasteiger partial charge >= 0.3 is 0 Å². The highest BCUT2D eigenvalue weighted by molar-refractivity contribution is 5.34. The van der Waals surface area contributed by atoms with E-state index in [1.165, 1.54) is 5.56 Å². The van der Waals surface area contributed by atoms with Crippen molar-refractivity contribution < 1.29 is 10.2 Å². The van der Waals surface area contributed by atoms with Crippen molar-refractivity contribution in [1.82, 2.24) is 0 Å². The third-order valence-electron chi connectivity index (χ3n) is 2.54. The zero-order valence-electron chi connectivity index (χ0n) is 6.77. The molecule has 64 valence electrons. The summed E-state index contributed by atoms with van der Waals surface area (Å²) < 4.78 is 0. The highest BCUT2D eigenvalue weighted by Crippen LogP contribution is 2.35. The number of rotatable bonds is 1. The van der Waals surface area contributed by atoms with Crippen LogP contribution in [-0.2, 0) is 6.42 Å². The van der Waals surface area contributed by atoms with E-state index in [2.05, 4.69) is 0 Å². The van der Waals surface area contributed by atoms with E-state index >= 15 is 0 Å². The van der Waals surface area contributed by atoms with Crippen molar-refractivity contribution in [1.29, 1.82) is 0 Å². The molecule has 2 N–H and O–H groups in total. The van der Waals surface area contributed by atoms with E-state index in [9.17, 15) is 5.11 Å². The summed E-state index contributed by atoms with van der Waals surface area (Å²) in [5, 5.41) is 18.6. The molecule has 2 atom stereocenters. The molecule has 0 fully saturated rings. The standard InChI is InChI=1S/C10H12O2/c11-6-8-5-7-3-1-2-4-9(7)10(8)12/h1-4,8,10-12H,5-6H2/t8-,10-/m0/s1. The van der Waals surface area contributed by atoms with Crippen LogP contribution in [0.1, 0.15) is 17.2 Å². The summed E-state index contributed by atoms with van der Waals surface area (Å²) >= 11 is 0. The molecule has 2 nitrogen and oxygen atoms in total. The second kappa shape index (κ2) is 2.88. The van der Waals surface area contributed by atoms with Crippen LogP contribution in [0, 0.1) is 5.92 Å². The van der Waals surface area contributed by atoms with Gasteiger partial charge in [0.2, 0.25) is 0 Å². The van der Waals surface area contributed by atoms with Crippen LogP contribution >= 0.6 is 0 Å². The number of aliphatic hydroxyl groups excluding tert-OH is 2. The van der Waals surface area contributed by atoms with Gasteiger partial charge in [0.15, 0.2) is 0 Å². The van der Waals surface area contributed by atoms with Crippen LogP contribution in [0.2, 0.25) is 0 Å². The molecule has 0 radical (unpaired) electrons. The second-order valence-electron chi connectivity index (χ2n) is 3.29. The van der Waals surface area contributed by atoms with Crippen LogP contribution in [0.5, 0.6) is 0 Å². The fourth-order valence-electron chi connectivity index (χ4n) is 1.82. The van der Waals surface area contributed by atoms with E-state index in [1.54, 1.807) is 0 Å². The van der Waals surface area contributed by atoms with E-state index in [0.29, 0.717) is 0 Å². The van der Waals surface area contributed by atoms with Crippen molar-refractivity contribution in [2.24, 2.45) is 5.92 Å². The monoisotopic (exact) mass is 164 g/mol. The zero-order valence-corrected chi connectivity index (χ0v) is 6.77. The summed E-state index contributed by atoms with van der Waals surface area (Å²) in [5.41, 5.74) is 2.15. The van der Waals surface area contributed by atoms with Crippen LogP contribution < -0.4 is 0 Å². The van der Waals surface area contributed by atoms with Gasteiger partial charge in [0, 0.05) is 12.5 Å². The van der Waals surface area contributed by atoms with Crippen LogP contribution in [0.15, 0.2) is 24.3 Å². The van der Waals surface area contributed by atoms with E-state index < -0.39 is 6.10 Å². The summed E-state index contributed by atoms with van der Waals surface area (Å²) in [7, 11) is 0. The summed E-state index contributed by atoms with van der Waals surface area (Å²) in [4.78, 5) is 0. The number of hydrogen-bond acceptors (Lipinski definition) is 2. The van der Waals surface area contributed by atoms with Crippen molar-refractivity contribution in [3.8, 4) is 0 Å². The minimum Gasteiger partial charge on any atom is -0.396 e. The molecule has 0 aromatic heterocycles. The molecule has 0 unspecified atom stereocenters. The molecule has 0 amide bonds. The lowest BCUT2D eigenvalue weighted by molar-refractivity contribution is 0.0807. The van der Waals surface area contributed by atoms with Crippen LogP contribution in [0.3, 0.4) is 0 Å². The molecular weight excluding hydrogens is 152 g/mol. The van der Waals surface area contributed by atoms with Crippen LogP contribution in [-0.4, -0.2) is 16.8 Å². The fourth-order valence-corrected chi connectivity index (χ4v) is 1.82. The predicted octanol–water partition coefficient (Wildman–Crippen LogP) is 0.885. The Hall–Kier alpha value is -0.860. The lowest BCUT2D eigenvalue weighted by Gasteiger charge is -2.10. The molecule has 1 aromatic carbocycles. The highest BCUT2D eigenvalue weighted by atomic mass is 16.3. The third-order valence-corrected chi connectivity index (χ3v) is 2.54. The molecule has 1 aliphatic rings. The number of fused-ring (bicyclic) bond motifs is 1. The normalized spacial score (nSPS) is 27.2. The molecule has 2 rings (SSSR count). The Balaban J connectivity index is 2.35.